The molecule has 1 atom stereocenters. The fraction of sp³-hybridized carbons (Fsp3) is 0.625. The molecule has 0 spiro atoms. The van der Waals surface area contributed by atoms with Crippen molar-refractivity contribution in [2.75, 3.05) is 0 Å². The van der Waals surface area contributed by atoms with Crippen molar-refractivity contribution in [1.29, 1.82) is 0 Å². The maximum Gasteiger partial charge on any atom is 0.412 e. The number of nitrogens with zero attached hydrogens (tertiary/aromatic N) is 2. The van der Waals surface area contributed by atoms with Crippen molar-refractivity contribution in [3.05, 3.63) is 18.2 Å². The number of alkyl halides is 3. The molecule has 0 amide bonds. The van der Waals surface area contributed by atoms with E-state index in [0.29, 0.717) is 0 Å². The summed E-state index contributed by atoms with van der Waals surface area (Å²) in [6.07, 6.45) is -2.97. The van der Waals surface area contributed by atoms with E-state index in [-0.39, 0.29) is 6.04 Å². The summed E-state index contributed by atoms with van der Waals surface area (Å²) in [5.74, 6) is 0. The zero-order chi connectivity index (χ0) is 13.4. The molecule has 1 heterocycles. The van der Waals surface area contributed by atoms with Gasteiger partial charge in [0.15, 0.2) is 0 Å². The van der Waals surface area contributed by atoms with Crippen LogP contribution in [0.25, 0.3) is 0 Å². The van der Waals surface area contributed by atoms with Crippen LogP contribution in [0, 0.1) is 0 Å². The number of aromatic nitrogens is 2. The highest BCUT2D eigenvalue weighted by Crippen LogP contribution is 2.38. The van der Waals surface area contributed by atoms with Crippen molar-refractivity contribution in [3.8, 4) is 0 Å². The highest BCUT2D eigenvalue weighted by molar-refractivity contribution is 7.89. The third-order valence-corrected chi connectivity index (χ3v) is 3.31. The quantitative estimate of drug-likeness (QED) is 0.901. The second-order valence-electron chi connectivity index (χ2n) is 3.83. The summed E-state index contributed by atoms with van der Waals surface area (Å²) in [5.41, 5.74) is -0.477. The first-order chi connectivity index (χ1) is 7.55. The van der Waals surface area contributed by atoms with Crippen molar-refractivity contribution in [3.63, 3.8) is 0 Å². The van der Waals surface area contributed by atoms with Crippen LogP contribution in [0.2, 0.25) is 0 Å². The van der Waals surface area contributed by atoms with Crippen LogP contribution in [-0.4, -0.2) is 24.1 Å². The van der Waals surface area contributed by atoms with Crippen molar-refractivity contribution in [2.24, 2.45) is 5.14 Å². The minimum absolute atomic E-state index is 0.348. The third kappa shape index (κ3) is 2.97. The molecular weight excluding hydrogens is 259 g/mol. The van der Waals surface area contributed by atoms with Gasteiger partial charge >= 0.3 is 6.18 Å². The topological polar surface area (TPSA) is 78.0 Å². The number of halogens is 3. The average molecular weight is 271 g/mol. The predicted molar refractivity (Wildman–Crippen MR) is 54.5 cm³/mol. The summed E-state index contributed by atoms with van der Waals surface area (Å²) in [5, 5.41) is 1.89. The second kappa shape index (κ2) is 4.30. The molecule has 0 bridgehead atoms. The molecule has 9 heteroatoms. The fourth-order valence-electron chi connectivity index (χ4n) is 1.47. The number of nitrogens with two attached hydrogens (primary N) is 1. The molecule has 1 unspecified atom stereocenters. The first-order valence-electron chi connectivity index (χ1n) is 4.65. The Morgan fingerprint density at radius 1 is 1.41 bits per heavy atom. The molecular formula is C8H12F3N3O2S. The van der Waals surface area contributed by atoms with Crippen LogP contribution in [0.15, 0.2) is 12.5 Å². The number of hydrogen-bond acceptors (Lipinski definition) is 3. The van der Waals surface area contributed by atoms with Crippen molar-refractivity contribution >= 4 is 10.0 Å². The lowest BCUT2D eigenvalue weighted by Gasteiger charge is -2.21. The summed E-state index contributed by atoms with van der Waals surface area (Å²) in [7, 11) is -4.79. The monoisotopic (exact) mass is 271 g/mol. The molecule has 17 heavy (non-hydrogen) atoms. The molecule has 1 aromatic rings. The summed E-state index contributed by atoms with van der Waals surface area (Å²) in [6.45, 7) is 3.23. The molecule has 2 N–H and O–H groups in total. The Morgan fingerprint density at radius 2 is 1.94 bits per heavy atom. The van der Waals surface area contributed by atoms with E-state index < -0.39 is 27.1 Å². The minimum Gasteiger partial charge on any atom is -0.331 e. The molecule has 0 aliphatic rings. The standard InChI is InChI=1S/C8H12F3N3O2S/c1-5(2)14-4-13-3-6(14)7(8(9,10)11)17(12,15)16/h3-5,7H,1-2H3,(H2,12,15,16). The van der Waals surface area contributed by atoms with Gasteiger partial charge in [-0.2, -0.15) is 13.2 Å². The molecule has 0 aliphatic heterocycles. The summed E-state index contributed by atoms with van der Waals surface area (Å²) in [4.78, 5) is 3.53. The van der Waals surface area contributed by atoms with Gasteiger partial charge < -0.3 is 4.57 Å². The maximum atomic E-state index is 12.7. The van der Waals surface area contributed by atoms with Gasteiger partial charge in [0, 0.05) is 12.2 Å². The Balaban J connectivity index is 3.39. The van der Waals surface area contributed by atoms with Gasteiger partial charge in [0.05, 0.1) is 12.0 Å². The molecule has 1 rings (SSSR count). The molecule has 98 valence electrons. The van der Waals surface area contributed by atoms with Gasteiger partial charge in [0.1, 0.15) is 0 Å². The first-order valence-corrected chi connectivity index (χ1v) is 6.26. The van der Waals surface area contributed by atoms with E-state index in [0.717, 1.165) is 17.1 Å². The van der Waals surface area contributed by atoms with Gasteiger partial charge in [-0.25, -0.2) is 18.5 Å². The van der Waals surface area contributed by atoms with E-state index in [1.54, 1.807) is 13.8 Å². The SMILES string of the molecule is CC(C)n1cncc1C(C(F)(F)F)S(N)(=O)=O. The van der Waals surface area contributed by atoms with Gasteiger partial charge in [-0.15, -0.1) is 0 Å². The van der Waals surface area contributed by atoms with Gasteiger partial charge in [-0.3, -0.25) is 0 Å². The van der Waals surface area contributed by atoms with Crippen molar-refractivity contribution in [1.82, 2.24) is 9.55 Å². The normalized spacial score (nSPS) is 15.2. The Kier molecular flexibility index (Phi) is 3.53. The molecule has 0 saturated carbocycles. The second-order valence-corrected chi connectivity index (χ2v) is 5.48. The molecule has 0 fully saturated rings. The van der Waals surface area contributed by atoms with Crippen LogP contribution in [0.3, 0.4) is 0 Å². The van der Waals surface area contributed by atoms with Crippen molar-refractivity contribution in [2.45, 2.75) is 31.3 Å². The van der Waals surface area contributed by atoms with Gasteiger partial charge in [0.25, 0.3) is 0 Å². The van der Waals surface area contributed by atoms with E-state index >= 15 is 0 Å². The molecule has 1 aromatic heterocycles. The molecule has 0 aromatic carbocycles. The van der Waals surface area contributed by atoms with Crippen molar-refractivity contribution < 1.29 is 21.6 Å². The van der Waals surface area contributed by atoms with Gasteiger partial charge in [0.2, 0.25) is 15.3 Å². The summed E-state index contributed by atoms with van der Waals surface area (Å²) >= 11 is 0. The highest BCUT2D eigenvalue weighted by Gasteiger charge is 2.50. The molecule has 0 radical (unpaired) electrons. The largest absolute Gasteiger partial charge is 0.412 e. The maximum absolute atomic E-state index is 12.7. The smallest absolute Gasteiger partial charge is 0.331 e. The molecule has 0 aliphatic carbocycles. The van der Waals surface area contributed by atoms with E-state index in [2.05, 4.69) is 10.1 Å². The fourth-order valence-corrected chi connectivity index (χ4v) is 2.36. The zero-order valence-corrected chi connectivity index (χ0v) is 9.96. The lowest BCUT2D eigenvalue weighted by Crippen LogP contribution is -2.35. The van der Waals surface area contributed by atoms with Crippen LogP contribution in [0.1, 0.15) is 30.8 Å². The third-order valence-electron chi connectivity index (χ3n) is 2.15. The molecule has 0 saturated heterocycles. The first kappa shape index (κ1) is 14.0. The Hall–Kier alpha value is -1.09. The van der Waals surface area contributed by atoms with Gasteiger partial charge in [-0.1, -0.05) is 0 Å². The summed E-state index contributed by atoms with van der Waals surface area (Å²) in [6, 6.07) is -0.348. The van der Waals surface area contributed by atoms with Crippen LogP contribution in [0.5, 0.6) is 0 Å². The minimum atomic E-state index is -4.97. The highest BCUT2D eigenvalue weighted by atomic mass is 32.2. The van der Waals surface area contributed by atoms with Crippen LogP contribution >= 0.6 is 0 Å². The number of rotatable bonds is 3. The Morgan fingerprint density at radius 3 is 2.29 bits per heavy atom. The van der Waals surface area contributed by atoms with E-state index in [9.17, 15) is 21.6 Å². The van der Waals surface area contributed by atoms with Crippen LogP contribution in [-0.2, 0) is 10.0 Å². The summed E-state index contributed by atoms with van der Waals surface area (Å²) < 4.78 is 61.4. The number of imidazole rings is 1. The van der Waals surface area contributed by atoms with E-state index in [1.165, 1.54) is 0 Å². The Bertz CT molecular complexity index is 492. The Labute approximate surface area is 96.5 Å². The van der Waals surface area contributed by atoms with E-state index in [1.807, 2.05) is 0 Å². The van der Waals surface area contributed by atoms with Gasteiger partial charge in [-0.05, 0) is 13.8 Å². The zero-order valence-electron chi connectivity index (χ0n) is 9.14. The lowest BCUT2D eigenvalue weighted by molar-refractivity contribution is -0.132. The van der Waals surface area contributed by atoms with E-state index in [4.69, 9.17) is 0 Å². The number of hydrogen-bond donors (Lipinski definition) is 1. The molecule has 5 nitrogen and oxygen atoms in total. The van der Waals surface area contributed by atoms with Crippen LogP contribution < -0.4 is 5.14 Å². The van der Waals surface area contributed by atoms with Crippen LogP contribution in [0.4, 0.5) is 13.2 Å². The average Bonchev–Trinajstić information content (AvgIpc) is 2.46. The number of primary sulfonamides is 1. The number of sulfonamides is 1. The predicted octanol–water partition coefficient (Wildman–Crippen LogP) is 1.36. The lowest BCUT2D eigenvalue weighted by atomic mass is 10.3.